The molecule has 0 fully saturated rings. The fourth-order valence-corrected chi connectivity index (χ4v) is 2.81. The van der Waals surface area contributed by atoms with Crippen molar-refractivity contribution in [3.63, 3.8) is 0 Å². The third kappa shape index (κ3) is 4.15. The van der Waals surface area contributed by atoms with E-state index >= 15 is 0 Å². The summed E-state index contributed by atoms with van der Waals surface area (Å²) >= 11 is 6.18. The Hall–Kier alpha value is -1.18. The first kappa shape index (κ1) is 16.2. The number of halogens is 1. The zero-order valence-electron chi connectivity index (χ0n) is 12.3. The van der Waals surface area contributed by atoms with Gasteiger partial charge in [0.15, 0.2) is 5.65 Å². The maximum Gasteiger partial charge on any atom is 0.208 e. The molecule has 0 saturated carbocycles. The van der Waals surface area contributed by atoms with E-state index in [1.54, 1.807) is 0 Å². The Morgan fingerprint density at radius 3 is 2.71 bits per heavy atom. The number of aryl methyl sites for hydroxylation is 2. The standard InChI is InChI=1S/C13H19ClN4O2S/c1-9-5-6-11-13(16-9)18(12(17-11)10(2)14)8-4-7-15-21(3,19)20/h5-6,10,15H,4,7-8H2,1-3H3. The van der Waals surface area contributed by atoms with E-state index in [1.165, 1.54) is 0 Å². The summed E-state index contributed by atoms with van der Waals surface area (Å²) in [7, 11) is -3.16. The second-order valence-corrected chi connectivity index (χ2v) is 7.54. The maximum absolute atomic E-state index is 11.1. The Morgan fingerprint density at radius 1 is 1.38 bits per heavy atom. The minimum Gasteiger partial charge on any atom is -0.311 e. The van der Waals surface area contributed by atoms with E-state index in [9.17, 15) is 8.42 Å². The number of imidazole rings is 1. The molecule has 0 aliphatic rings. The summed E-state index contributed by atoms with van der Waals surface area (Å²) in [6.07, 6.45) is 1.79. The van der Waals surface area contributed by atoms with Crippen molar-refractivity contribution < 1.29 is 8.42 Å². The first-order valence-corrected chi connectivity index (χ1v) is 9.03. The Balaban J connectivity index is 2.24. The van der Waals surface area contributed by atoms with Gasteiger partial charge in [-0.05, 0) is 32.4 Å². The molecular formula is C13H19ClN4O2S. The van der Waals surface area contributed by atoms with Crippen molar-refractivity contribution in [2.75, 3.05) is 12.8 Å². The van der Waals surface area contributed by atoms with Crippen molar-refractivity contribution in [3.05, 3.63) is 23.7 Å². The highest BCUT2D eigenvalue weighted by molar-refractivity contribution is 7.88. The highest BCUT2D eigenvalue weighted by Crippen LogP contribution is 2.24. The number of nitrogens with one attached hydrogen (secondary N) is 1. The molecule has 0 aliphatic heterocycles. The lowest BCUT2D eigenvalue weighted by Gasteiger charge is -2.10. The quantitative estimate of drug-likeness (QED) is 0.649. The lowest BCUT2D eigenvalue weighted by Crippen LogP contribution is -2.24. The van der Waals surface area contributed by atoms with Gasteiger partial charge in [0.1, 0.15) is 11.3 Å². The maximum atomic E-state index is 11.1. The summed E-state index contributed by atoms with van der Waals surface area (Å²) in [5, 5.41) is -0.234. The van der Waals surface area contributed by atoms with E-state index in [4.69, 9.17) is 11.6 Å². The molecule has 2 heterocycles. The summed E-state index contributed by atoms with van der Waals surface area (Å²) < 4.78 is 26.6. The van der Waals surface area contributed by atoms with Crippen molar-refractivity contribution in [1.82, 2.24) is 19.3 Å². The van der Waals surface area contributed by atoms with Gasteiger partial charge in [0.05, 0.1) is 11.6 Å². The minimum atomic E-state index is -3.16. The molecule has 0 radical (unpaired) electrons. The van der Waals surface area contributed by atoms with Crippen molar-refractivity contribution in [2.24, 2.45) is 0 Å². The van der Waals surface area contributed by atoms with Crippen molar-refractivity contribution >= 4 is 32.8 Å². The number of rotatable bonds is 6. The molecule has 0 aromatic carbocycles. The molecule has 1 N–H and O–H groups in total. The number of aromatic nitrogens is 3. The Morgan fingerprint density at radius 2 is 2.10 bits per heavy atom. The van der Waals surface area contributed by atoms with Crippen LogP contribution in [-0.2, 0) is 16.6 Å². The third-order valence-electron chi connectivity index (χ3n) is 3.04. The normalized spacial score (nSPS) is 13.7. The third-order valence-corrected chi connectivity index (χ3v) is 3.96. The van der Waals surface area contributed by atoms with Crippen molar-refractivity contribution in [2.45, 2.75) is 32.2 Å². The first-order chi connectivity index (χ1) is 9.78. The van der Waals surface area contributed by atoms with Crippen LogP contribution in [0.4, 0.5) is 0 Å². The van der Waals surface area contributed by atoms with Gasteiger partial charge < -0.3 is 4.57 Å². The number of hydrogen-bond acceptors (Lipinski definition) is 4. The van der Waals surface area contributed by atoms with Crippen LogP contribution in [0.3, 0.4) is 0 Å². The largest absolute Gasteiger partial charge is 0.311 e. The Kier molecular flexibility index (Phi) is 4.85. The molecule has 1 unspecified atom stereocenters. The van der Waals surface area contributed by atoms with Gasteiger partial charge in [-0.2, -0.15) is 0 Å². The summed E-state index contributed by atoms with van der Waals surface area (Å²) in [6.45, 7) is 4.77. The van der Waals surface area contributed by atoms with Crippen LogP contribution in [0.25, 0.3) is 11.2 Å². The van der Waals surface area contributed by atoms with Gasteiger partial charge in [-0.3, -0.25) is 0 Å². The SMILES string of the molecule is Cc1ccc2nc(C(C)Cl)n(CCCNS(C)(=O)=O)c2n1. The molecular weight excluding hydrogens is 312 g/mol. The van der Waals surface area contributed by atoms with Gasteiger partial charge in [0, 0.05) is 18.8 Å². The van der Waals surface area contributed by atoms with Crippen LogP contribution in [0.5, 0.6) is 0 Å². The molecule has 0 saturated heterocycles. The second-order valence-electron chi connectivity index (χ2n) is 5.05. The molecule has 21 heavy (non-hydrogen) atoms. The van der Waals surface area contributed by atoms with Gasteiger partial charge in [-0.25, -0.2) is 23.1 Å². The zero-order valence-corrected chi connectivity index (χ0v) is 13.9. The summed E-state index contributed by atoms with van der Waals surface area (Å²) in [6, 6.07) is 3.83. The van der Waals surface area contributed by atoms with E-state index < -0.39 is 10.0 Å². The fourth-order valence-electron chi connectivity index (χ4n) is 2.13. The van der Waals surface area contributed by atoms with E-state index in [2.05, 4.69) is 14.7 Å². The van der Waals surface area contributed by atoms with Gasteiger partial charge in [-0.1, -0.05) is 0 Å². The van der Waals surface area contributed by atoms with Crippen LogP contribution < -0.4 is 4.72 Å². The number of hydrogen-bond donors (Lipinski definition) is 1. The number of alkyl halides is 1. The van der Waals surface area contributed by atoms with Crippen LogP contribution in [0.1, 0.15) is 30.2 Å². The molecule has 1 atom stereocenters. The summed E-state index contributed by atoms with van der Waals surface area (Å²) in [4.78, 5) is 9.02. The van der Waals surface area contributed by atoms with Crippen LogP contribution in [0, 0.1) is 6.92 Å². The predicted octanol–water partition coefficient (Wildman–Crippen LogP) is 1.98. The molecule has 2 rings (SSSR count). The summed E-state index contributed by atoms with van der Waals surface area (Å²) in [5.74, 6) is 0.754. The summed E-state index contributed by atoms with van der Waals surface area (Å²) in [5.41, 5.74) is 2.50. The van der Waals surface area contributed by atoms with Crippen molar-refractivity contribution in [1.29, 1.82) is 0 Å². The second kappa shape index (κ2) is 6.29. The van der Waals surface area contributed by atoms with Crippen LogP contribution in [0.2, 0.25) is 0 Å². The average Bonchev–Trinajstić information content (AvgIpc) is 2.72. The van der Waals surface area contributed by atoms with E-state index in [-0.39, 0.29) is 5.38 Å². The van der Waals surface area contributed by atoms with E-state index in [0.29, 0.717) is 19.5 Å². The molecule has 2 aromatic heterocycles. The van der Waals surface area contributed by atoms with E-state index in [0.717, 1.165) is 28.9 Å². The van der Waals surface area contributed by atoms with Gasteiger partial charge in [-0.15, -0.1) is 11.6 Å². The van der Waals surface area contributed by atoms with Gasteiger partial charge in [0.25, 0.3) is 0 Å². The predicted molar refractivity (Wildman–Crippen MR) is 84.0 cm³/mol. The molecule has 6 nitrogen and oxygen atoms in total. The van der Waals surface area contributed by atoms with Gasteiger partial charge in [0.2, 0.25) is 10.0 Å². The molecule has 2 aromatic rings. The molecule has 0 spiro atoms. The average molecular weight is 331 g/mol. The molecule has 116 valence electrons. The number of sulfonamides is 1. The van der Waals surface area contributed by atoms with Crippen LogP contribution >= 0.6 is 11.6 Å². The molecule has 0 aliphatic carbocycles. The number of pyridine rings is 1. The topological polar surface area (TPSA) is 76.9 Å². The monoisotopic (exact) mass is 330 g/mol. The molecule has 0 amide bonds. The first-order valence-electron chi connectivity index (χ1n) is 6.70. The highest BCUT2D eigenvalue weighted by Gasteiger charge is 2.15. The Labute approximate surface area is 129 Å². The van der Waals surface area contributed by atoms with Gasteiger partial charge >= 0.3 is 0 Å². The number of fused-ring (bicyclic) bond motifs is 1. The van der Waals surface area contributed by atoms with Crippen LogP contribution in [-0.4, -0.2) is 35.8 Å². The van der Waals surface area contributed by atoms with Crippen LogP contribution in [0.15, 0.2) is 12.1 Å². The zero-order chi connectivity index (χ0) is 15.6. The van der Waals surface area contributed by atoms with E-state index in [1.807, 2.05) is 30.5 Å². The van der Waals surface area contributed by atoms with Crippen molar-refractivity contribution in [3.8, 4) is 0 Å². The lowest BCUT2D eigenvalue weighted by molar-refractivity contribution is 0.572. The smallest absolute Gasteiger partial charge is 0.208 e. The molecule has 0 bridgehead atoms. The highest BCUT2D eigenvalue weighted by atomic mass is 35.5. The number of nitrogens with zero attached hydrogens (tertiary/aromatic N) is 3. The minimum absolute atomic E-state index is 0.234. The fraction of sp³-hybridized carbons (Fsp3) is 0.538. The lowest BCUT2D eigenvalue weighted by atomic mass is 10.3. The Bertz CT molecular complexity index is 740. The molecule has 8 heteroatoms.